The summed E-state index contributed by atoms with van der Waals surface area (Å²) in [5.74, 6) is 3.29. The number of fused-ring (bicyclic) bond motifs is 1. The van der Waals surface area contributed by atoms with Crippen LogP contribution < -0.4 is 0 Å². The van der Waals surface area contributed by atoms with E-state index in [1.165, 1.54) is 24.0 Å². The molecule has 4 aromatic rings. The number of carbonyl (C=O) groups excluding carboxylic acids is 2. The largest absolute Gasteiger partial charge is 3.00 e. The smallest absolute Gasteiger partial charge is 0.545 e. The Morgan fingerprint density at radius 3 is 1.59 bits per heavy atom. The van der Waals surface area contributed by atoms with Gasteiger partial charge in [0, 0.05) is 12.4 Å². The van der Waals surface area contributed by atoms with Crippen molar-refractivity contribution in [1.82, 2.24) is 9.97 Å². The van der Waals surface area contributed by atoms with Gasteiger partial charge in [0.25, 0.3) is 0 Å². The van der Waals surface area contributed by atoms with E-state index in [2.05, 4.69) is 91.2 Å². The van der Waals surface area contributed by atoms with Gasteiger partial charge in [-0.1, -0.05) is 85.3 Å². The van der Waals surface area contributed by atoms with Gasteiger partial charge in [0.05, 0.1) is 11.4 Å². The first kappa shape index (κ1) is 31.5. The number of benzene rings is 2. The zero-order valence-electron chi connectivity index (χ0n) is 21.9. The molecule has 1 saturated carbocycles. The summed E-state index contributed by atoms with van der Waals surface area (Å²) in [7, 11) is 0. The second-order valence-electron chi connectivity index (χ2n) is 8.94. The third-order valence-corrected chi connectivity index (χ3v) is 6.69. The first-order valence-electron chi connectivity index (χ1n) is 12.5. The summed E-state index contributed by atoms with van der Waals surface area (Å²) < 4.78 is 0. The van der Waals surface area contributed by atoms with Gasteiger partial charge < -0.3 is 15.5 Å². The SMILES string of the molecule is C[C-]1CCC2C=CC=C[C@@H]12.[CH-]=O.[CH-]=O.[Mo+3].c1ccc(-c2ccnc(-c3cc(-c4ccccc4)ccn3)c2)cc1. The van der Waals surface area contributed by atoms with Crippen LogP contribution in [0.3, 0.4) is 0 Å². The molecule has 0 bridgehead atoms. The number of pyridine rings is 2. The first-order chi connectivity index (χ1) is 18.8. The van der Waals surface area contributed by atoms with E-state index < -0.39 is 0 Å². The summed E-state index contributed by atoms with van der Waals surface area (Å²) in [4.78, 5) is 24.5. The maximum Gasteiger partial charge on any atom is 3.00 e. The van der Waals surface area contributed by atoms with Crippen molar-refractivity contribution in [2.75, 3.05) is 0 Å². The van der Waals surface area contributed by atoms with Crippen LogP contribution in [0.15, 0.2) is 122 Å². The second kappa shape index (κ2) is 17.0. The van der Waals surface area contributed by atoms with E-state index in [4.69, 9.17) is 9.59 Å². The fourth-order valence-corrected chi connectivity index (χ4v) is 4.78. The Morgan fingerprint density at radius 1 is 0.667 bits per heavy atom. The molecule has 195 valence electrons. The Bertz CT molecular complexity index is 1240. The van der Waals surface area contributed by atoms with Crippen molar-refractivity contribution in [3.05, 3.63) is 128 Å². The van der Waals surface area contributed by atoms with Gasteiger partial charge in [-0.2, -0.15) is 13.3 Å². The van der Waals surface area contributed by atoms with Crippen LogP contribution >= 0.6 is 0 Å². The molecule has 39 heavy (non-hydrogen) atoms. The molecule has 2 heterocycles. The average molecular weight is 596 g/mol. The Kier molecular flexibility index (Phi) is 13.7. The Balaban J connectivity index is 0.000000298. The third-order valence-electron chi connectivity index (χ3n) is 6.69. The van der Waals surface area contributed by atoms with E-state index in [1.807, 2.05) is 60.9 Å². The van der Waals surface area contributed by atoms with Gasteiger partial charge in [-0.25, -0.2) is 0 Å². The van der Waals surface area contributed by atoms with E-state index in [0.29, 0.717) is 0 Å². The Hall–Kier alpha value is -3.75. The fraction of sp³-hybridized carbons (Fsp3) is 0.147. The summed E-state index contributed by atoms with van der Waals surface area (Å²) in [5.41, 5.74) is 6.42. The maximum atomic E-state index is 7.75. The second-order valence-corrected chi connectivity index (χ2v) is 8.94. The van der Waals surface area contributed by atoms with Gasteiger partial charge in [0.2, 0.25) is 0 Å². The van der Waals surface area contributed by atoms with Crippen LogP contribution in [-0.4, -0.2) is 23.5 Å². The molecule has 2 aromatic heterocycles. The van der Waals surface area contributed by atoms with Crippen LogP contribution in [0.2, 0.25) is 0 Å². The molecule has 0 aliphatic heterocycles. The maximum absolute atomic E-state index is 7.75. The van der Waals surface area contributed by atoms with Crippen LogP contribution in [0.25, 0.3) is 33.6 Å². The molecule has 2 aliphatic carbocycles. The minimum absolute atomic E-state index is 0. The molecule has 1 radical (unpaired) electrons. The topological polar surface area (TPSA) is 59.9 Å². The molecule has 2 atom stereocenters. The molecule has 1 fully saturated rings. The van der Waals surface area contributed by atoms with Crippen molar-refractivity contribution in [2.45, 2.75) is 19.8 Å². The van der Waals surface area contributed by atoms with Gasteiger partial charge in [-0.05, 0) is 52.4 Å². The number of allylic oxidation sites excluding steroid dienone is 4. The summed E-state index contributed by atoms with van der Waals surface area (Å²) in [5, 5.41) is 0. The summed E-state index contributed by atoms with van der Waals surface area (Å²) in [6, 6.07) is 28.9. The predicted molar refractivity (Wildman–Crippen MR) is 155 cm³/mol. The number of rotatable bonds is 3. The monoisotopic (exact) mass is 597 g/mol. The van der Waals surface area contributed by atoms with Gasteiger partial charge >= 0.3 is 21.1 Å². The third kappa shape index (κ3) is 8.63. The molecule has 2 aliphatic rings. The molecule has 0 saturated heterocycles. The quantitative estimate of drug-likeness (QED) is 0.139. The van der Waals surface area contributed by atoms with Crippen molar-refractivity contribution in [3.63, 3.8) is 0 Å². The van der Waals surface area contributed by atoms with Crippen molar-refractivity contribution in [3.8, 4) is 33.6 Å². The average Bonchev–Trinajstić information content (AvgIpc) is 3.41. The standard InChI is InChI=1S/C22H16N2.C10H13.2CHO.Mo/c1-3-7-17(8-4-1)19-11-13-23-21(15-19)22-16-20(12-14-24-22)18-9-5-2-6-10-18;1-8-6-7-9-4-2-3-5-10(8)9;2*1-2;/h1-16H;2-5,9-10H,6-7H2,1H3;2*1H;/q;3*-1;+3/t;9?,10-;;;/m.0.../s1. The molecule has 0 N–H and O–H groups in total. The molecule has 2 aromatic carbocycles. The van der Waals surface area contributed by atoms with Crippen LogP contribution in [0.1, 0.15) is 19.8 Å². The number of aromatic nitrogens is 2. The minimum atomic E-state index is 0. The Morgan fingerprint density at radius 2 is 1.13 bits per heavy atom. The minimum Gasteiger partial charge on any atom is -0.545 e. The van der Waals surface area contributed by atoms with Crippen LogP contribution in [-0.2, 0) is 30.7 Å². The van der Waals surface area contributed by atoms with Gasteiger partial charge in [0.15, 0.2) is 0 Å². The zero-order valence-corrected chi connectivity index (χ0v) is 23.9. The van der Waals surface area contributed by atoms with Gasteiger partial charge in [0.1, 0.15) is 0 Å². The molecular weight excluding hydrogens is 564 g/mol. The van der Waals surface area contributed by atoms with E-state index in [1.54, 1.807) is 5.92 Å². The normalized spacial score (nSPS) is 16.5. The Labute approximate surface area is 246 Å². The predicted octanol–water partition coefficient (Wildman–Crippen LogP) is 7.66. The zero-order chi connectivity index (χ0) is 27.2. The number of hydrogen-bond donors (Lipinski definition) is 0. The molecule has 5 heteroatoms. The van der Waals surface area contributed by atoms with Gasteiger partial charge in [-0.3, -0.25) is 23.5 Å². The van der Waals surface area contributed by atoms with E-state index >= 15 is 0 Å². The number of nitrogens with zero attached hydrogens (tertiary/aromatic N) is 2. The van der Waals surface area contributed by atoms with Crippen molar-refractivity contribution >= 4 is 13.6 Å². The van der Waals surface area contributed by atoms with Crippen LogP contribution in [0.5, 0.6) is 0 Å². The molecular formula is C34H31MoN2O2. The van der Waals surface area contributed by atoms with Crippen LogP contribution in [0, 0.1) is 17.8 Å². The van der Waals surface area contributed by atoms with E-state index in [0.717, 1.165) is 34.4 Å². The molecule has 0 amide bonds. The number of hydrogen-bond acceptors (Lipinski definition) is 4. The molecule has 1 unspecified atom stereocenters. The van der Waals surface area contributed by atoms with E-state index in [9.17, 15) is 0 Å². The first-order valence-corrected chi connectivity index (χ1v) is 12.5. The summed E-state index contributed by atoms with van der Waals surface area (Å²) in [6.45, 7) is 8.79. The van der Waals surface area contributed by atoms with E-state index in [-0.39, 0.29) is 21.1 Å². The van der Waals surface area contributed by atoms with Crippen LogP contribution in [0.4, 0.5) is 0 Å². The van der Waals surface area contributed by atoms with Crippen molar-refractivity contribution in [1.29, 1.82) is 0 Å². The molecule has 4 nitrogen and oxygen atoms in total. The van der Waals surface area contributed by atoms with Crippen molar-refractivity contribution < 1.29 is 30.7 Å². The summed E-state index contributed by atoms with van der Waals surface area (Å²) in [6.07, 6.45) is 15.4. The van der Waals surface area contributed by atoms with Crippen molar-refractivity contribution in [2.24, 2.45) is 11.8 Å². The molecule has 6 rings (SSSR count). The molecule has 0 spiro atoms. The summed E-state index contributed by atoms with van der Waals surface area (Å²) >= 11 is 0. The van der Waals surface area contributed by atoms with Gasteiger partial charge in [-0.15, -0.1) is 12.0 Å². The fourth-order valence-electron chi connectivity index (χ4n) is 4.78.